The second-order valence-electron chi connectivity index (χ2n) is 4.22. The van der Waals surface area contributed by atoms with Gasteiger partial charge in [-0.05, 0) is 36.6 Å². The van der Waals surface area contributed by atoms with Gasteiger partial charge >= 0.3 is 0 Å². The summed E-state index contributed by atoms with van der Waals surface area (Å²) in [5.74, 6) is 0.860. The number of nitrogens with zero attached hydrogens (tertiary/aromatic N) is 1. The molecule has 1 heterocycles. The van der Waals surface area contributed by atoms with Crippen LogP contribution < -0.4 is 10.6 Å². The average molecular weight is 190 g/mol. The van der Waals surface area contributed by atoms with E-state index in [-0.39, 0.29) is 0 Å². The van der Waals surface area contributed by atoms with Crippen LogP contribution in [0.3, 0.4) is 0 Å². The smallest absolute Gasteiger partial charge is 0.0366 e. The van der Waals surface area contributed by atoms with Crippen molar-refractivity contribution in [2.24, 2.45) is 11.7 Å². The summed E-state index contributed by atoms with van der Waals surface area (Å²) in [7, 11) is 0. The number of anilines is 1. The first-order valence-corrected chi connectivity index (χ1v) is 5.33. The van der Waals surface area contributed by atoms with E-state index in [1.807, 2.05) is 0 Å². The van der Waals surface area contributed by atoms with E-state index in [1.54, 1.807) is 0 Å². The minimum atomic E-state index is 0.736. The summed E-state index contributed by atoms with van der Waals surface area (Å²) in [4.78, 5) is 2.41. The van der Waals surface area contributed by atoms with Gasteiger partial charge in [0.1, 0.15) is 0 Å². The Kier molecular flexibility index (Phi) is 2.73. The van der Waals surface area contributed by atoms with Crippen molar-refractivity contribution in [3.63, 3.8) is 0 Å². The Hall–Kier alpha value is -1.02. The van der Waals surface area contributed by atoms with Gasteiger partial charge in [0.25, 0.3) is 0 Å². The fraction of sp³-hybridized carbons (Fsp3) is 0.500. The van der Waals surface area contributed by atoms with Crippen LogP contribution in [0.2, 0.25) is 0 Å². The normalized spacial score (nSPS) is 16.9. The lowest BCUT2D eigenvalue weighted by Crippen LogP contribution is -2.45. The monoisotopic (exact) mass is 190 g/mol. The topological polar surface area (TPSA) is 29.3 Å². The zero-order valence-electron chi connectivity index (χ0n) is 8.74. The van der Waals surface area contributed by atoms with Gasteiger partial charge in [0.2, 0.25) is 0 Å². The molecule has 0 aliphatic carbocycles. The highest BCUT2D eigenvalue weighted by Gasteiger charge is 2.22. The minimum absolute atomic E-state index is 0.736. The third-order valence-electron chi connectivity index (χ3n) is 2.80. The summed E-state index contributed by atoms with van der Waals surface area (Å²) in [6.45, 7) is 5.44. The van der Waals surface area contributed by atoms with Crippen LogP contribution in [-0.2, 0) is 6.42 Å². The average Bonchev–Trinajstić information content (AvgIpc) is 2.15. The predicted molar refractivity (Wildman–Crippen MR) is 60.6 cm³/mol. The Bertz CT molecular complexity index is 286. The Balaban J connectivity index is 1.99. The van der Waals surface area contributed by atoms with Gasteiger partial charge in [0, 0.05) is 18.8 Å². The molecule has 1 saturated heterocycles. The van der Waals surface area contributed by atoms with Crippen LogP contribution in [0.1, 0.15) is 12.5 Å². The van der Waals surface area contributed by atoms with E-state index in [0.29, 0.717) is 0 Å². The summed E-state index contributed by atoms with van der Waals surface area (Å²) < 4.78 is 0. The third kappa shape index (κ3) is 1.90. The Labute approximate surface area is 85.7 Å². The van der Waals surface area contributed by atoms with E-state index >= 15 is 0 Å². The van der Waals surface area contributed by atoms with Gasteiger partial charge in [-0.2, -0.15) is 0 Å². The Morgan fingerprint density at radius 2 is 1.93 bits per heavy atom. The van der Waals surface area contributed by atoms with Crippen molar-refractivity contribution in [1.29, 1.82) is 0 Å². The largest absolute Gasteiger partial charge is 0.371 e. The molecule has 0 radical (unpaired) electrons. The molecule has 0 unspecified atom stereocenters. The van der Waals surface area contributed by atoms with E-state index in [0.717, 1.165) is 18.9 Å². The van der Waals surface area contributed by atoms with Crippen molar-refractivity contribution in [2.45, 2.75) is 13.3 Å². The van der Waals surface area contributed by atoms with Gasteiger partial charge in [-0.25, -0.2) is 0 Å². The van der Waals surface area contributed by atoms with Gasteiger partial charge in [-0.15, -0.1) is 0 Å². The Morgan fingerprint density at radius 1 is 1.29 bits per heavy atom. The van der Waals surface area contributed by atoms with Crippen LogP contribution in [-0.4, -0.2) is 19.6 Å². The quantitative estimate of drug-likeness (QED) is 0.785. The molecule has 2 nitrogen and oxygen atoms in total. The van der Waals surface area contributed by atoms with Gasteiger partial charge in [-0.3, -0.25) is 0 Å². The first kappa shape index (κ1) is 9.53. The molecule has 1 fully saturated rings. The summed E-state index contributed by atoms with van der Waals surface area (Å²) >= 11 is 0. The molecule has 0 spiro atoms. The van der Waals surface area contributed by atoms with Gasteiger partial charge in [0.15, 0.2) is 0 Å². The lowest BCUT2D eigenvalue weighted by atomic mass is 10.0. The summed E-state index contributed by atoms with van der Waals surface area (Å²) in [6.07, 6.45) is 0.983. The molecule has 14 heavy (non-hydrogen) atoms. The van der Waals surface area contributed by atoms with Gasteiger partial charge in [0.05, 0.1) is 0 Å². The number of hydrogen-bond acceptors (Lipinski definition) is 2. The van der Waals surface area contributed by atoms with E-state index in [4.69, 9.17) is 5.73 Å². The number of benzene rings is 1. The van der Waals surface area contributed by atoms with Crippen LogP contribution in [0.4, 0.5) is 5.69 Å². The molecular weight excluding hydrogens is 172 g/mol. The van der Waals surface area contributed by atoms with Crippen molar-refractivity contribution in [2.75, 3.05) is 24.5 Å². The number of nitrogens with two attached hydrogens (primary N) is 1. The third-order valence-corrected chi connectivity index (χ3v) is 2.80. The highest BCUT2D eigenvalue weighted by molar-refractivity contribution is 5.49. The predicted octanol–water partition coefficient (Wildman–Crippen LogP) is 1.64. The highest BCUT2D eigenvalue weighted by atomic mass is 15.2. The molecule has 0 amide bonds. The van der Waals surface area contributed by atoms with Crippen molar-refractivity contribution >= 4 is 5.69 Å². The van der Waals surface area contributed by atoms with Crippen LogP contribution in [0, 0.1) is 5.92 Å². The molecule has 1 aliphatic rings. The number of hydrogen-bond donors (Lipinski definition) is 1. The molecule has 0 aromatic heterocycles. The first-order chi connectivity index (χ1) is 6.79. The highest BCUT2D eigenvalue weighted by Crippen LogP contribution is 2.24. The molecule has 76 valence electrons. The summed E-state index contributed by atoms with van der Waals surface area (Å²) in [6, 6.07) is 8.78. The van der Waals surface area contributed by atoms with Crippen LogP contribution in [0.25, 0.3) is 0 Å². The first-order valence-electron chi connectivity index (χ1n) is 5.33. The fourth-order valence-electron chi connectivity index (χ4n) is 1.95. The second-order valence-corrected chi connectivity index (χ2v) is 4.22. The standard InChI is InChI=1S/C12H18N2/c1-10-8-14(9-10)12-4-2-11(3-5-12)6-7-13/h2-5,10H,6-9,13H2,1H3. The molecule has 1 aromatic rings. The maximum absolute atomic E-state index is 5.50. The van der Waals surface area contributed by atoms with E-state index in [9.17, 15) is 0 Å². The molecular formula is C12H18N2. The molecule has 2 N–H and O–H groups in total. The Morgan fingerprint density at radius 3 is 2.43 bits per heavy atom. The van der Waals surface area contributed by atoms with Crippen LogP contribution in [0.15, 0.2) is 24.3 Å². The fourth-order valence-corrected chi connectivity index (χ4v) is 1.95. The lowest BCUT2D eigenvalue weighted by molar-refractivity contribution is 0.447. The molecule has 1 aliphatic heterocycles. The second kappa shape index (κ2) is 4.01. The van der Waals surface area contributed by atoms with Crippen LogP contribution in [0.5, 0.6) is 0 Å². The van der Waals surface area contributed by atoms with Gasteiger partial charge < -0.3 is 10.6 Å². The molecule has 0 bridgehead atoms. The summed E-state index contributed by atoms with van der Waals surface area (Å²) in [5.41, 5.74) is 8.19. The maximum Gasteiger partial charge on any atom is 0.0366 e. The molecule has 0 saturated carbocycles. The van der Waals surface area contributed by atoms with Crippen molar-refractivity contribution in [3.8, 4) is 0 Å². The lowest BCUT2D eigenvalue weighted by Gasteiger charge is -2.39. The molecule has 0 atom stereocenters. The SMILES string of the molecule is CC1CN(c2ccc(CCN)cc2)C1. The maximum atomic E-state index is 5.50. The van der Waals surface area contributed by atoms with Crippen molar-refractivity contribution in [3.05, 3.63) is 29.8 Å². The molecule has 1 aromatic carbocycles. The van der Waals surface area contributed by atoms with Crippen molar-refractivity contribution < 1.29 is 0 Å². The minimum Gasteiger partial charge on any atom is -0.371 e. The molecule has 2 heteroatoms. The zero-order chi connectivity index (χ0) is 9.97. The summed E-state index contributed by atoms with van der Waals surface area (Å²) in [5, 5.41) is 0. The van der Waals surface area contributed by atoms with E-state index < -0.39 is 0 Å². The zero-order valence-corrected chi connectivity index (χ0v) is 8.74. The van der Waals surface area contributed by atoms with E-state index in [1.165, 1.54) is 24.3 Å². The van der Waals surface area contributed by atoms with Crippen LogP contribution >= 0.6 is 0 Å². The van der Waals surface area contributed by atoms with Crippen molar-refractivity contribution in [1.82, 2.24) is 0 Å². The number of rotatable bonds is 3. The molecule has 2 rings (SSSR count). The van der Waals surface area contributed by atoms with Gasteiger partial charge in [-0.1, -0.05) is 19.1 Å². The van der Waals surface area contributed by atoms with E-state index in [2.05, 4.69) is 36.1 Å².